The number of nitrogen functional groups attached to an aromatic ring is 1. The van der Waals surface area contributed by atoms with Gasteiger partial charge < -0.3 is 19.8 Å². The van der Waals surface area contributed by atoms with E-state index in [0.717, 1.165) is 83.3 Å². The molecule has 168 valence electrons. The summed E-state index contributed by atoms with van der Waals surface area (Å²) in [7, 11) is 0. The Morgan fingerprint density at radius 2 is 1.84 bits per heavy atom. The summed E-state index contributed by atoms with van der Waals surface area (Å²) in [6, 6.07) is 11.1. The fourth-order valence-electron chi connectivity index (χ4n) is 4.64. The molecule has 5 nitrogen and oxygen atoms in total. The van der Waals surface area contributed by atoms with E-state index in [4.69, 9.17) is 15.2 Å². The zero-order chi connectivity index (χ0) is 22.1. The van der Waals surface area contributed by atoms with E-state index in [2.05, 4.69) is 44.3 Å². The van der Waals surface area contributed by atoms with Gasteiger partial charge in [-0.15, -0.1) is 0 Å². The number of benzene rings is 2. The lowest BCUT2D eigenvalue weighted by Crippen LogP contribution is -2.17. The highest BCUT2D eigenvalue weighted by molar-refractivity contribution is 14.1. The number of fused-ring (bicyclic) bond motifs is 1. The molecule has 2 fully saturated rings. The number of nitrogens with zero attached hydrogens (tertiary/aromatic N) is 2. The van der Waals surface area contributed by atoms with Crippen LogP contribution in [0.2, 0.25) is 0 Å². The molecule has 32 heavy (non-hydrogen) atoms. The molecule has 0 aliphatic carbocycles. The van der Waals surface area contributed by atoms with Gasteiger partial charge in [0.2, 0.25) is 0 Å². The average molecular weight is 547 g/mol. The van der Waals surface area contributed by atoms with E-state index >= 15 is 0 Å². The molecule has 2 N–H and O–H groups in total. The molecule has 0 saturated carbocycles. The average Bonchev–Trinajstić information content (AvgIpc) is 3.22. The van der Waals surface area contributed by atoms with Crippen LogP contribution >= 0.6 is 22.6 Å². The summed E-state index contributed by atoms with van der Waals surface area (Å²) < 4.78 is 28.3. The lowest BCUT2D eigenvalue weighted by molar-refractivity contribution is 0.0227. The number of aliphatic imine (C=N–C) groups is 1. The summed E-state index contributed by atoms with van der Waals surface area (Å²) in [5, 5.41) is 1.11. The van der Waals surface area contributed by atoms with Gasteiger partial charge in [0.25, 0.3) is 0 Å². The van der Waals surface area contributed by atoms with Crippen LogP contribution in [0.5, 0.6) is 0 Å². The molecule has 0 radical (unpaired) electrons. The van der Waals surface area contributed by atoms with E-state index in [1.54, 1.807) is 0 Å². The molecule has 3 aromatic rings. The van der Waals surface area contributed by atoms with Gasteiger partial charge in [-0.05, 0) is 91.1 Å². The summed E-state index contributed by atoms with van der Waals surface area (Å²) in [6.45, 7) is 2.28. The lowest BCUT2D eigenvalue weighted by Gasteiger charge is -2.24. The lowest BCUT2D eigenvalue weighted by atomic mass is 9.96. The van der Waals surface area contributed by atoms with Crippen molar-refractivity contribution in [3.05, 3.63) is 57.0 Å². The van der Waals surface area contributed by atoms with Crippen LogP contribution in [0, 0.1) is 9.39 Å². The summed E-state index contributed by atoms with van der Waals surface area (Å²) in [5.74, 6) is 0.142. The number of ether oxygens (including phenoxy) is 2. The molecular weight excluding hydrogens is 520 g/mol. The van der Waals surface area contributed by atoms with Crippen molar-refractivity contribution in [2.75, 3.05) is 25.6 Å². The smallest absolute Gasteiger partial charge is 0.148 e. The molecule has 5 rings (SSSR count). The van der Waals surface area contributed by atoms with E-state index in [9.17, 15) is 4.39 Å². The molecule has 1 unspecified atom stereocenters. The van der Waals surface area contributed by atoms with E-state index in [0.29, 0.717) is 5.92 Å². The second kappa shape index (κ2) is 9.49. The van der Waals surface area contributed by atoms with Crippen LogP contribution in [0.15, 0.2) is 41.4 Å². The quantitative estimate of drug-likeness (QED) is 0.255. The minimum Gasteiger partial charge on any atom is -0.397 e. The van der Waals surface area contributed by atoms with Gasteiger partial charge in [-0.2, -0.15) is 0 Å². The fourth-order valence-corrected chi connectivity index (χ4v) is 5.39. The minimum absolute atomic E-state index is 0.0989. The molecule has 7 heteroatoms. The normalized spacial score (nSPS) is 20.4. The number of anilines is 1. The van der Waals surface area contributed by atoms with Gasteiger partial charge >= 0.3 is 0 Å². The monoisotopic (exact) mass is 547 g/mol. The molecule has 2 aliphatic rings. The Hall–Kier alpha value is -1.97. The SMILES string of the molecule is Nc1c(C=NC2CCCCO2)cc2c(cc(C3CCOCC3)n2-c2ccc(F)cc2)c1I. The van der Waals surface area contributed by atoms with E-state index in [1.165, 1.54) is 17.8 Å². The van der Waals surface area contributed by atoms with E-state index in [-0.39, 0.29) is 12.0 Å². The van der Waals surface area contributed by atoms with Gasteiger partial charge in [0, 0.05) is 57.9 Å². The van der Waals surface area contributed by atoms with Gasteiger partial charge in [0.1, 0.15) is 12.0 Å². The highest BCUT2D eigenvalue weighted by atomic mass is 127. The number of halogens is 2. The molecular formula is C25H27FIN3O2. The molecule has 0 amide bonds. The van der Waals surface area contributed by atoms with Crippen LogP contribution in [0.1, 0.15) is 49.3 Å². The number of hydrogen-bond donors (Lipinski definition) is 1. The van der Waals surface area contributed by atoms with Crippen LogP contribution in [0.3, 0.4) is 0 Å². The summed E-state index contributed by atoms with van der Waals surface area (Å²) in [5.41, 5.74) is 11.4. The maximum absolute atomic E-state index is 13.7. The first-order valence-electron chi connectivity index (χ1n) is 11.2. The minimum atomic E-state index is -0.239. The second-order valence-electron chi connectivity index (χ2n) is 8.49. The maximum Gasteiger partial charge on any atom is 0.148 e. The number of aromatic nitrogens is 1. The van der Waals surface area contributed by atoms with Crippen molar-refractivity contribution in [3.8, 4) is 5.69 Å². The van der Waals surface area contributed by atoms with Crippen molar-refractivity contribution in [1.82, 2.24) is 4.57 Å². The third-order valence-electron chi connectivity index (χ3n) is 6.40. The summed E-state index contributed by atoms with van der Waals surface area (Å²) in [4.78, 5) is 4.67. The van der Waals surface area contributed by atoms with Crippen LogP contribution in [0.4, 0.5) is 10.1 Å². The zero-order valence-electron chi connectivity index (χ0n) is 17.9. The number of nitrogens with two attached hydrogens (primary N) is 1. The standard InChI is InChI=1S/C25H27FIN3O2/c26-18-4-6-19(7-5-18)30-21(16-8-11-31-12-9-16)14-20-22(30)13-17(25(28)24(20)27)15-29-23-3-1-2-10-32-23/h4-7,13-16,23H,1-3,8-12,28H2. The molecule has 2 aromatic carbocycles. The molecule has 2 aliphatic heterocycles. The highest BCUT2D eigenvalue weighted by Gasteiger charge is 2.24. The van der Waals surface area contributed by atoms with Crippen molar-refractivity contribution >= 4 is 45.4 Å². The third kappa shape index (κ3) is 4.30. The van der Waals surface area contributed by atoms with Crippen molar-refractivity contribution in [3.63, 3.8) is 0 Å². The molecule has 2 saturated heterocycles. The molecule has 1 atom stereocenters. The van der Waals surface area contributed by atoms with Crippen LogP contribution in [-0.4, -0.2) is 36.8 Å². The highest BCUT2D eigenvalue weighted by Crippen LogP contribution is 2.38. The predicted molar refractivity (Wildman–Crippen MR) is 134 cm³/mol. The Balaban J connectivity index is 1.65. The Labute approximate surface area is 200 Å². The first-order valence-corrected chi connectivity index (χ1v) is 12.3. The third-order valence-corrected chi connectivity index (χ3v) is 7.57. The van der Waals surface area contributed by atoms with Crippen LogP contribution in [-0.2, 0) is 9.47 Å². The van der Waals surface area contributed by atoms with E-state index < -0.39 is 0 Å². The fraction of sp³-hybridized carbons (Fsp3) is 0.400. The molecule has 1 aromatic heterocycles. The molecule has 0 bridgehead atoms. The van der Waals surface area contributed by atoms with Crippen LogP contribution < -0.4 is 5.73 Å². The zero-order valence-corrected chi connectivity index (χ0v) is 20.1. The Bertz CT molecular complexity index is 1130. The van der Waals surface area contributed by atoms with E-state index in [1.807, 2.05) is 18.3 Å². The van der Waals surface area contributed by atoms with Crippen molar-refractivity contribution in [1.29, 1.82) is 0 Å². The maximum atomic E-state index is 13.7. The number of hydrogen-bond acceptors (Lipinski definition) is 4. The number of rotatable bonds is 4. The Kier molecular flexibility index (Phi) is 6.48. The summed E-state index contributed by atoms with van der Waals surface area (Å²) in [6.07, 6.45) is 6.86. The van der Waals surface area contributed by atoms with Gasteiger partial charge in [0.15, 0.2) is 0 Å². The first kappa shape index (κ1) is 21.9. The predicted octanol–water partition coefficient (Wildman–Crippen LogP) is 5.80. The van der Waals surface area contributed by atoms with Crippen molar-refractivity contribution in [2.24, 2.45) is 4.99 Å². The summed E-state index contributed by atoms with van der Waals surface area (Å²) >= 11 is 2.33. The topological polar surface area (TPSA) is 61.8 Å². The largest absolute Gasteiger partial charge is 0.397 e. The van der Waals surface area contributed by atoms with Gasteiger partial charge in [0.05, 0.1) is 11.2 Å². The van der Waals surface area contributed by atoms with Crippen molar-refractivity contribution in [2.45, 2.75) is 44.2 Å². The second-order valence-corrected chi connectivity index (χ2v) is 9.57. The van der Waals surface area contributed by atoms with Crippen LogP contribution in [0.25, 0.3) is 16.6 Å². The Morgan fingerprint density at radius 3 is 2.56 bits per heavy atom. The Morgan fingerprint density at radius 1 is 1.06 bits per heavy atom. The molecule has 3 heterocycles. The van der Waals surface area contributed by atoms with Crippen molar-refractivity contribution < 1.29 is 13.9 Å². The van der Waals surface area contributed by atoms with Gasteiger partial charge in [-0.25, -0.2) is 4.39 Å². The first-order chi connectivity index (χ1) is 15.6. The molecule has 0 spiro atoms. The van der Waals surface area contributed by atoms with Gasteiger partial charge in [-0.3, -0.25) is 4.99 Å². The van der Waals surface area contributed by atoms with Gasteiger partial charge in [-0.1, -0.05) is 0 Å².